The number of nitrogens with one attached hydrogen (secondary N) is 2. The van der Waals surface area contributed by atoms with Gasteiger partial charge in [-0.2, -0.15) is 0 Å². The maximum absolute atomic E-state index is 15.5. The second-order valence-electron chi connectivity index (χ2n) is 8.64. The van der Waals surface area contributed by atoms with E-state index in [1.54, 1.807) is 0 Å². The minimum absolute atomic E-state index is 0.0187. The molecule has 1 aromatic carbocycles. The molecule has 4 aliphatic heterocycles. The van der Waals surface area contributed by atoms with Crippen molar-refractivity contribution < 1.29 is 23.2 Å². The molecular weight excluding hydrogens is 394 g/mol. The highest BCUT2D eigenvalue weighted by molar-refractivity contribution is 6.27. The lowest BCUT2D eigenvalue weighted by Crippen LogP contribution is -2.52. The van der Waals surface area contributed by atoms with Crippen molar-refractivity contribution in [2.24, 2.45) is 0 Å². The number of ketones is 1. The summed E-state index contributed by atoms with van der Waals surface area (Å²) >= 11 is 0. The zero-order valence-electron chi connectivity index (χ0n) is 16.5. The Morgan fingerprint density at radius 2 is 1.77 bits per heavy atom. The maximum Gasteiger partial charge on any atom is 0.257 e. The number of carbonyl (C=O) groups is 3. The van der Waals surface area contributed by atoms with Crippen LogP contribution in [0.3, 0.4) is 0 Å². The number of anilines is 1. The molecule has 0 aliphatic carbocycles. The van der Waals surface area contributed by atoms with Gasteiger partial charge in [0.1, 0.15) is 5.82 Å². The van der Waals surface area contributed by atoms with Crippen LogP contribution in [-0.2, 0) is 16.1 Å². The van der Waals surface area contributed by atoms with Gasteiger partial charge in [-0.05, 0) is 25.7 Å². The number of carbonyl (C=O) groups excluding carboxylic acids is 3. The molecule has 4 unspecified atom stereocenters. The summed E-state index contributed by atoms with van der Waals surface area (Å²) in [4.78, 5) is 38.6. The Kier molecular flexibility index (Phi) is 4.82. The van der Waals surface area contributed by atoms with E-state index in [0.29, 0.717) is 25.7 Å². The molecule has 7 nitrogen and oxygen atoms in total. The summed E-state index contributed by atoms with van der Waals surface area (Å²) in [5, 5.41) is 6.31. The van der Waals surface area contributed by atoms with E-state index in [9.17, 15) is 14.4 Å². The van der Waals surface area contributed by atoms with Gasteiger partial charge < -0.3 is 20.4 Å². The van der Waals surface area contributed by atoms with E-state index in [4.69, 9.17) is 0 Å². The largest absolute Gasteiger partial charge is 0.361 e. The topological polar surface area (TPSA) is 81.8 Å². The molecule has 0 spiro atoms. The van der Waals surface area contributed by atoms with Crippen LogP contribution in [0.1, 0.15) is 41.6 Å². The van der Waals surface area contributed by atoms with E-state index < -0.39 is 29.4 Å². The molecule has 3 saturated heterocycles. The van der Waals surface area contributed by atoms with Gasteiger partial charge in [-0.25, -0.2) is 8.78 Å². The first-order chi connectivity index (χ1) is 14.5. The van der Waals surface area contributed by atoms with Gasteiger partial charge in [0.05, 0.1) is 23.8 Å². The number of hydrogen-bond acceptors (Lipinski definition) is 6. The average molecular weight is 418 g/mol. The van der Waals surface area contributed by atoms with E-state index in [1.807, 2.05) is 4.90 Å². The Labute approximate surface area is 172 Å². The van der Waals surface area contributed by atoms with Gasteiger partial charge in [0.2, 0.25) is 5.78 Å². The fourth-order valence-electron chi connectivity index (χ4n) is 5.52. The van der Waals surface area contributed by atoms with Crippen molar-refractivity contribution in [3.63, 3.8) is 0 Å². The molecule has 5 rings (SSSR count). The Morgan fingerprint density at radius 3 is 2.40 bits per heavy atom. The van der Waals surface area contributed by atoms with Gasteiger partial charge in [-0.1, -0.05) is 0 Å². The molecule has 30 heavy (non-hydrogen) atoms. The van der Waals surface area contributed by atoms with Crippen molar-refractivity contribution in [1.82, 2.24) is 15.5 Å². The quantitative estimate of drug-likeness (QED) is 0.555. The number of nitrogens with zero attached hydrogens (tertiary/aromatic N) is 2. The molecule has 0 radical (unpaired) electrons. The minimum Gasteiger partial charge on any atom is -0.361 e. The van der Waals surface area contributed by atoms with E-state index in [0.717, 1.165) is 25.9 Å². The van der Waals surface area contributed by atoms with Crippen molar-refractivity contribution in [2.45, 2.75) is 56.4 Å². The highest BCUT2D eigenvalue weighted by Gasteiger charge is 2.43. The van der Waals surface area contributed by atoms with Crippen LogP contribution in [0.4, 0.5) is 14.5 Å². The number of fused-ring (bicyclic) bond motifs is 3. The van der Waals surface area contributed by atoms with Crippen LogP contribution in [-0.4, -0.2) is 66.7 Å². The van der Waals surface area contributed by atoms with Crippen molar-refractivity contribution in [2.75, 3.05) is 24.5 Å². The lowest BCUT2D eigenvalue weighted by molar-refractivity contribution is -0.131. The molecule has 4 atom stereocenters. The predicted molar refractivity (Wildman–Crippen MR) is 104 cm³/mol. The summed E-state index contributed by atoms with van der Waals surface area (Å²) in [7, 11) is 0. The standard InChI is InChI=1S/C21H24F2N4O3/c22-15-5-17(27-12-1-2-13(27)7-24-6-12)20(23)14-9-26(21(30)19(14)15)11-3-4-16(25-8-11)18(29)10-28/h5,10-13,16,24-25H,1-4,6-9H2. The number of halogens is 2. The van der Waals surface area contributed by atoms with Crippen LogP contribution in [0.5, 0.6) is 0 Å². The molecule has 2 bridgehead atoms. The fraction of sp³-hybridized carbons (Fsp3) is 0.571. The minimum atomic E-state index is -0.676. The second-order valence-corrected chi connectivity index (χ2v) is 8.64. The first kappa shape index (κ1) is 19.6. The molecule has 1 amide bonds. The number of piperidine rings is 1. The summed E-state index contributed by atoms with van der Waals surface area (Å²) < 4.78 is 30.5. The molecular formula is C21H24F2N4O3. The predicted octanol–water partition coefficient (Wildman–Crippen LogP) is 0.750. The first-order valence-corrected chi connectivity index (χ1v) is 10.5. The number of amides is 1. The highest BCUT2D eigenvalue weighted by atomic mass is 19.1. The van der Waals surface area contributed by atoms with Crippen LogP contribution in [0.2, 0.25) is 0 Å². The smallest absolute Gasteiger partial charge is 0.257 e. The Balaban J connectivity index is 1.40. The average Bonchev–Trinajstić information content (AvgIpc) is 3.23. The lowest BCUT2D eigenvalue weighted by atomic mass is 9.97. The fourth-order valence-corrected chi connectivity index (χ4v) is 5.52. The number of Topliss-reactive ketones (excluding diaryl/α,β-unsaturated/α-hetero) is 1. The number of aldehydes is 1. The molecule has 4 heterocycles. The van der Waals surface area contributed by atoms with E-state index in [-0.39, 0.29) is 41.5 Å². The zero-order valence-corrected chi connectivity index (χ0v) is 16.5. The summed E-state index contributed by atoms with van der Waals surface area (Å²) in [5.41, 5.74) is 0.206. The zero-order chi connectivity index (χ0) is 21.0. The molecule has 160 valence electrons. The van der Waals surface area contributed by atoms with E-state index >= 15 is 8.78 Å². The van der Waals surface area contributed by atoms with Gasteiger partial charge in [-0.15, -0.1) is 0 Å². The summed E-state index contributed by atoms with van der Waals surface area (Å²) in [6, 6.07) is 0.627. The molecule has 1 aromatic rings. The third kappa shape index (κ3) is 2.94. The van der Waals surface area contributed by atoms with Crippen molar-refractivity contribution in [1.29, 1.82) is 0 Å². The SMILES string of the molecule is O=CC(=O)C1CCC(N2Cc3c(F)c(N4C5CCC4CNC5)cc(F)c3C2=O)CN1. The van der Waals surface area contributed by atoms with Crippen LogP contribution in [0, 0.1) is 11.6 Å². The van der Waals surface area contributed by atoms with Gasteiger partial charge >= 0.3 is 0 Å². The molecule has 2 N–H and O–H groups in total. The molecule has 4 aliphatic rings. The lowest BCUT2D eigenvalue weighted by Gasteiger charge is -2.37. The number of hydrogen-bond donors (Lipinski definition) is 2. The second kappa shape index (κ2) is 7.39. The third-order valence-corrected chi connectivity index (χ3v) is 7.04. The molecule has 9 heteroatoms. The molecule has 3 fully saturated rings. The summed E-state index contributed by atoms with van der Waals surface area (Å²) in [6.45, 7) is 1.81. The van der Waals surface area contributed by atoms with Crippen LogP contribution in [0.25, 0.3) is 0 Å². The summed E-state index contributed by atoms with van der Waals surface area (Å²) in [5.74, 6) is -2.21. The monoisotopic (exact) mass is 418 g/mol. The number of benzene rings is 1. The van der Waals surface area contributed by atoms with Crippen molar-refractivity contribution in [3.8, 4) is 0 Å². The van der Waals surface area contributed by atoms with Crippen molar-refractivity contribution >= 4 is 23.7 Å². The maximum atomic E-state index is 15.5. The van der Waals surface area contributed by atoms with Gasteiger partial charge in [-0.3, -0.25) is 14.4 Å². The van der Waals surface area contributed by atoms with Gasteiger partial charge in [0, 0.05) is 49.4 Å². The third-order valence-electron chi connectivity index (χ3n) is 7.04. The van der Waals surface area contributed by atoms with Crippen molar-refractivity contribution in [3.05, 3.63) is 28.8 Å². The van der Waals surface area contributed by atoms with E-state index in [1.165, 1.54) is 11.0 Å². The number of piperazine rings is 1. The Bertz CT molecular complexity index is 900. The first-order valence-electron chi connectivity index (χ1n) is 10.5. The van der Waals surface area contributed by atoms with Crippen LogP contribution in [0.15, 0.2) is 6.07 Å². The molecule has 0 saturated carbocycles. The van der Waals surface area contributed by atoms with Gasteiger partial charge in [0.15, 0.2) is 12.1 Å². The highest BCUT2D eigenvalue weighted by Crippen LogP contribution is 2.40. The van der Waals surface area contributed by atoms with Crippen LogP contribution >= 0.6 is 0 Å². The summed E-state index contributed by atoms with van der Waals surface area (Å²) in [6.07, 6.45) is 3.08. The van der Waals surface area contributed by atoms with Crippen LogP contribution < -0.4 is 15.5 Å². The molecule has 0 aromatic heterocycles. The van der Waals surface area contributed by atoms with Gasteiger partial charge in [0.25, 0.3) is 5.91 Å². The Morgan fingerprint density at radius 1 is 1.07 bits per heavy atom. The van der Waals surface area contributed by atoms with E-state index in [2.05, 4.69) is 10.6 Å². The Hall–Kier alpha value is -2.39. The normalized spacial score (nSPS) is 30.5. The number of rotatable bonds is 4.